The zero-order valence-corrected chi connectivity index (χ0v) is 15.6. The lowest BCUT2D eigenvalue weighted by atomic mass is 10.2. The minimum absolute atomic E-state index is 0.355. The van der Waals surface area contributed by atoms with Crippen LogP contribution < -0.4 is 5.32 Å². The smallest absolute Gasteiger partial charge is 0.296 e. The Hall–Kier alpha value is -2.39. The summed E-state index contributed by atoms with van der Waals surface area (Å²) in [6, 6.07) is 8.25. The third-order valence-electron chi connectivity index (χ3n) is 4.46. The Labute approximate surface area is 151 Å². The minimum atomic E-state index is -3.20. The lowest BCUT2D eigenvalue weighted by Gasteiger charge is -2.16. The maximum atomic E-state index is 11.8. The lowest BCUT2D eigenvalue weighted by molar-refractivity contribution is 0.414. The van der Waals surface area contributed by atoms with Gasteiger partial charge in [0, 0.05) is 13.1 Å². The Kier molecular flexibility index (Phi) is 4.20. The van der Waals surface area contributed by atoms with Gasteiger partial charge in [-0.3, -0.25) is 4.68 Å². The van der Waals surface area contributed by atoms with Crippen LogP contribution in [0.5, 0.6) is 0 Å². The van der Waals surface area contributed by atoms with Crippen LogP contribution in [0.1, 0.15) is 23.4 Å². The van der Waals surface area contributed by atoms with E-state index < -0.39 is 10.0 Å². The van der Waals surface area contributed by atoms with Gasteiger partial charge in [-0.25, -0.2) is 8.42 Å². The molecule has 1 aliphatic rings. The summed E-state index contributed by atoms with van der Waals surface area (Å²) in [5.74, 6) is 0. The first-order valence-corrected chi connectivity index (χ1v) is 10.3. The van der Waals surface area contributed by atoms with Gasteiger partial charge in [0.1, 0.15) is 5.52 Å². The molecule has 4 rings (SSSR count). The predicted molar refractivity (Wildman–Crippen MR) is 98.2 cm³/mol. The summed E-state index contributed by atoms with van der Waals surface area (Å²) in [6.45, 7) is 4.07. The van der Waals surface area contributed by atoms with Crippen LogP contribution in [0.15, 0.2) is 28.7 Å². The summed E-state index contributed by atoms with van der Waals surface area (Å²) in [5.41, 5.74) is 4.41. The van der Waals surface area contributed by atoms with Gasteiger partial charge in [-0.15, -0.1) is 0 Å². The largest absolute Gasteiger partial charge is 0.424 e. The van der Waals surface area contributed by atoms with Crippen LogP contribution in [0.25, 0.3) is 11.1 Å². The molecule has 0 amide bonds. The number of nitrogens with zero attached hydrogens (tertiary/aromatic N) is 4. The van der Waals surface area contributed by atoms with Gasteiger partial charge in [-0.2, -0.15) is 14.4 Å². The average molecular weight is 375 g/mol. The molecule has 0 fully saturated rings. The van der Waals surface area contributed by atoms with Crippen LogP contribution in [0.4, 0.5) is 6.01 Å². The van der Waals surface area contributed by atoms with Crippen molar-refractivity contribution in [2.24, 2.45) is 0 Å². The molecule has 2 aromatic heterocycles. The van der Waals surface area contributed by atoms with Crippen molar-refractivity contribution in [2.75, 3.05) is 18.1 Å². The predicted octanol–water partition coefficient (Wildman–Crippen LogP) is 2.11. The molecule has 0 atom stereocenters. The number of rotatable bonds is 4. The first kappa shape index (κ1) is 17.0. The molecule has 1 aliphatic heterocycles. The summed E-state index contributed by atoms with van der Waals surface area (Å²) in [7, 11) is -3.20. The SMILES string of the molecule is Cc1ccc2oc(NCc3cc4n(n3)CCCN(S(C)(=O)=O)C4)nc2c1. The number of aryl methyl sites for hydroxylation is 2. The molecule has 0 aliphatic carbocycles. The molecule has 0 bridgehead atoms. The number of fused-ring (bicyclic) bond motifs is 2. The van der Waals surface area contributed by atoms with Crippen LogP contribution in [-0.4, -0.2) is 40.3 Å². The molecule has 0 unspecified atom stereocenters. The average Bonchev–Trinajstić information content (AvgIpc) is 3.08. The summed E-state index contributed by atoms with van der Waals surface area (Å²) in [5, 5.41) is 7.72. The van der Waals surface area contributed by atoms with Gasteiger partial charge in [0.2, 0.25) is 10.0 Å². The van der Waals surface area contributed by atoms with Crippen molar-refractivity contribution in [1.82, 2.24) is 19.1 Å². The number of hydrogen-bond donors (Lipinski definition) is 1. The molecule has 26 heavy (non-hydrogen) atoms. The lowest BCUT2D eigenvalue weighted by Crippen LogP contribution is -2.29. The Morgan fingerprint density at radius 3 is 2.92 bits per heavy atom. The highest BCUT2D eigenvalue weighted by molar-refractivity contribution is 7.88. The zero-order chi connectivity index (χ0) is 18.3. The molecule has 0 spiro atoms. The van der Waals surface area contributed by atoms with E-state index >= 15 is 0 Å². The van der Waals surface area contributed by atoms with E-state index in [0.29, 0.717) is 32.2 Å². The molecule has 1 N–H and O–H groups in total. The molecule has 3 aromatic rings. The molecule has 8 nitrogen and oxygen atoms in total. The topological polar surface area (TPSA) is 93.3 Å². The third-order valence-corrected chi connectivity index (χ3v) is 5.71. The van der Waals surface area contributed by atoms with E-state index in [-0.39, 0.29) is 0 Å². The Morgan fingerprint density at radius 1 is 1.27 bits per heavy atom. The fourth-order valence-corrected chi connectivity index (χ4v) is 3.97. The summed E-state index contributed by atoms with van der Waals surface area (Å²) in [4.78, 5) is 4.43. The normalized spacial score (nSPS) is 15.8. The van der Waals surface area contributed by atoms with E-state index in [1.807, 2.05) is 35.9 Å². The second-order valence-electron chi connectivity index (χ2n) is 6.64. The summed E-state index contributed by atoms with van der Waals surface area (Å²) in [6.07, 6.45) is 2.00. The van der Waals surface area contributed by atoms with E-state index in [9.17, 15) is 8.42 Å². The van der Waals surface area contributed by atoms with Crippen molar-refractivity contribution in [3.63, 3.8) is 0 Å². The van der Waals surface area contributed by atoms with Crippen molar-refractivity contribution in [1.29, 1.82) is 0 Å². The third kappa shape index (κ3) is 3.45. The van der Waals surface area contributed by atoms with Crippen molar-refractivity contribution in [3.8, 4) is 0 Å². The van der Waals surface area contributed by atoms with Crippen LogP contribution in [-0.2, 0) is 29.7 Å². The first-order valence-electron chi connectivity index (χ1n) is 8.50. The summed E-state index contributed by atoms with van der Waals surface area (Å²) < 4.78 is 32.7. The molecule has 0 saturated heterocycles. The quantitative estimate of drug-likeness (QED) is 0.751. The van der Waals surface area contributed by atoms with Crippen LogP contribution in [0.3, 0.4) is 0 Å². The molecule has 1 aromatic carbocycles. The Morgan fingerprint density at radius 2 is 2.12 bits per heavy atom. The van der Waals surface area contributed by atoms with Gasteiger partial charge in [0.25, 0.3) is 6.01 Å². The highest BCUT2D eigenvalue weighted by atomic mass is 32.2. The number of benzene rings is 1. The van der Waals surface area contributed by atoms with E-state index in [1.165, 1.54) is 10.6 Å². The highest BCUT2D eigenvalue weighted by Gasteiger charge is 2.22. The van der Waals surface area contributed by atoms with Gasteiger partial charge in [-0.1, -0.05) is 6.07 Å². The standard InChI is InChI=1S/C17H21N5O3S/c1-12-4-5-16-15(8-12)19-17(25-16)18-10-13-9-14-11-21(26(2,23)24)6-3-7-22(14)20-13/h4-5,8-9H,3,6-7,10-11H2,1-2H3,(H,18,19). The summed E-state index contributed by atoms with van der Waals surface area (Å²) >= 11 is 0. The number of anilines is 1. The number of nitrogens with one attached hydrogen (secondary N) is 1. The van der Waals surface area contributed by atoms with Crippen LogP contribution in [0, 0.1) is 6.92 Å². The van der Waals surface area contributed by atoms with Gasteiger partial charge in [0.15, 0.2) is 5.58 Å². The van der Waals surface area contributed by atoms with E-state index in [4.69, 9.17) is 4.42 Å². The molecule has 138 valence electrons. The Balaban J connectivity index is 1.49. The fourth-order valence-electron chi connectivity index (χ4n) is 3.14. The van der Waals surface area contributed by atoms with E-state index in [1.54, 1.807) is 0 Å². The monoisotopic (exact) mass is 375 g/mol. The molecular formula is C17H21N5O3S. The van der Waals surface area contributed by atoms with Gasteiger partial charge >= 0.3 is 0 Å². The van der Waals surface area contributed by atoms with E-state index in [0.717, 1.165) is 34.5 Å². The van der Waals surface area contributed by atoms with Crippen molar-refractivity contribution < 1.29 is 12.8 Å². The molecule has 9 heteroatoms. The van der Waals surface area contributed by atoms with Crippen LogP contribution in [0.2, 0.25) is 0 Å². The molecule has 3 heterocycles. The van der Waals surface area contributed by atoms with Gasteiger partial charge in [0.05, 0.1) is 30.7 Å². The van der Waals surface area contributed by atoms with E-state index in [2.05, 4.69) is 15.4 Å². The van der Waals surface area contributed by atoms with Crippen molar-refractivity contribution in [3.05, 3.63) is 41.2 Å². The van der Waals surface area contributed by atoms with Gasteiger partial charge in [-0.05, 0) is 37.1 Å². The highest BCUT2D eigenvalue weighted by Crippen LogP contribution is 2.21. The maximum absolute atomic E-state index is 11.8. The fraction of sp³-hybridized carbons (Fsp3) is 0.412. The second kappa shape index (κ2) is 6.40. The Bertz CT molecular complexity index is 1050. The molecule has 0 saturated carbocycles. The maximum Gasteiger partial charge on any atom is 0.296 e. The number of oxazole rings is 1. The minimum Gasteiger partial charge on any atom is -0.424 e. The zero-order valence-electron chi connectivity index (χ0n) is 14.8. The molecule has 0 radical (unpaired) electrons. The van der Waals surface area contributed by atoms with Crippen LogP contribution >= 0.6 is 0 Å². The first-order chi connectivity index (χ1) is 12.4. The van der Waals surface area contributed by atoms with Crippen molar-refractivity contribution in [2.45, 2.75) is 33.0 Å². The number of hydrogen-bond acceptors (Lipinski definition) is 6. The number of sulfonamides is 1. The second-order valence-corrected chi connectivity index (χ2v) is 8.63. The molecular weight excluding hydrogens is 354 g/mol. The number of aromatic nitrogens is 3. The van der Waals surface area contributed by atoms with Crippen molar-refractivity contribution >= 4 is 27.1 Å². The van der Waals surface area contributed by atoms with Gasteiger partial charge < -0.3 is 9.73 Å².